The van der Waals surface area contributed by atoms with E-state index in [1.54, 1.807) is 7.11 Å². The molecule has 7 rings (SSSR count). The van der Waals surface area contributed by atoms with Crippen LogP contribution in [0.25, 0.3) is 0 Å². The third-order valence-corrected chi connectivity index (χ3v) is 8.30. The zero-order chi connectivity index (χ0) is 26.2. The molecular formula is C36H32N2O. The summed E-state index contributed by atoms with van der Waals surface area (Å²) in [4.78, 5) is 0. The minimum Gasteiger partial charge on any atom is -0.496 e. The molecule has 3 nitrogen and oxygen atoms in total. The number of ether oxygens (including phenoxy) is 1. The summed E-state index contributed by atoms with van der Waals surface area (Å²) in [7, 11) is 1.77. The molecule has 39 heavy (non-hydrogen) atoms. The Balaban J connectivity index is 1.39. The molecule has 2 heterocycles. The van der Waals surface area contributed by atoms with Gasteiger partial charge >= 0.3 is 0 Å². The fraction of sp³-hybridized carbons (Fsp3) is 0.167. The molecule has 2 aliphatic heterocycles. The molecule has 0 amide bonds. The molecule has 1 unspecified atom stereocenters. The highest BCUT2D eigenvalue weighted by Crippen LogP contribution is 2.44. The number of hydrogen-bond donors (Lipinski definition) is 2. The average Bonchev–Trinajstić information content (AvgIpc) is 3.30. The van der Waals surface area contributed by atoms with Crippen molar-refractivity contribution < 1.29 is 4.74 Å². The molecule has 0 aromatic heterocycles. The largest absolute Gasteiger partial charge is 0.496 e. The predicted molar refractivity (Wildman–Crippen MR) is 161 cm³/mol. The molecule has 0 radical (unpaired) electrons. The lowest BCUT2D eigenvalue weighted by Gasteiger charge is -2.26. The van der Waals surface area contributed by atoms with Gasteiger partial charge in [0.05, 0.1) is 7.11 Å². The molecule has 2 N–H and O–H groups in total. The molecule has 1 atom stereocenters. The van der Waals surface area contributed by atoms with Gasteiger partial charge < -0.3 is 15.4 Å². The van der Waals surface area contributed by atoms with Gasteiger partial charge in [-0.3, -0.25) is 0 Å². The maximum Gasteiger partial charge on any atom is 0.123 e. The van der Waals surface area contributed by atoms with Gasteiger partial charge in [-0.05, 0) is 83.3 Å². The molecule has 0 fully saturated rings. The van der Waals surface area contributed by atoms with E-state index in [-0.39, 0.29) is 5.92 Å². The molecule has 192 valence electrons. The Bertz CT molecular complexity index is 1670. The van der Waals surface area contributed by atoms with E-state index in [2.05, 4.69) is 120 Å². The summed E-state index contributed by atoms with van der Waals surface area (Å²) < 4.78 is 5.94. The second-order valence-corrected chi connectivity index (χ2v) is 10.5. The molecular weight excluding hydrogens is 476 g/mol. The van der Waals surface area contributed by atoms with E-state index in [4.69, 9.17) is 4.74 Å². The summed E-state index contributed by atoms with van der Waals surface area (Å²) in [6.07, 6.45) is 4.07. The van der Waals surface area contributed by atoms with E-state index >= 15 is 0 Å². The first kappa shape index (κ1) is 23.6. The molecule has 5 aromatic rings. The molecule has 3 heteroatoms. The van der Waals surface area contributed by atoms with Crippen molar-refractivity contribution in [2.45, 2.75) is 31.6 Å². The van der Waals surface area contributed by atoms with E-state index in [1.165, 1.54) is 61.7 Å². The van der Waals surface area contributed by atoms with Crippen LogP contribution in [0.15, 0.2) is 109 Å². The summed E-state index contributed by atoms with van der Waals surface area (Å²) in [6, 6.07) is 39.6. The number of rotatable bonds is 4. The van der Waals surface area contributed by atoms with Crippen LogP contribution in [0.2, 0.25) is 0 Å². The molecule has 0 bridgehead atoms. The van der Waals surface area contributed by atoms with Gasteiger partial charge in [-0.2, -0.15) is 0 Å². The number of benzene rings is 5. The van der Waals surface area contributed by atoms with E-state index in [0.29, 0.717) is 0 Å². The molecule has 0 aliphatic carbocycles. The van der Waals surface area contributed by atoms with Crippen molar-refractivity contribution in [2.75, 3.05) is 17.7 Å². The van der Waals surface area contributed by atoms with Crippen molar-refractivity contribution in [1.82, 2.24) is 0 Å². The van der Waals surface area contributed by atoms with Crippen LogP contribution in [0.4, 0.5) is 22.7 Å². The Kier molecular flexibility index (Phi) is 6.05. The lowest BCUT2D eigenvalue weighted by Crippen LogP contribution is -2.10. The van der Waals surface area contributed by atoms with Crippen LogP contribution in [-0.4, -0.2) is 7.11 Å². The fourth-order valence-electron chi connectivity index (χ4n) is 6.31. The van der Waals surface area contributed by atoms with Crippen molar-refractivity contribution in [3.05, 3.63) is 148 Å². The number of methoxy groups -OCH3 is 1. The number of fused-ring (bicyclic) bond motifs is 4. The van der Waals surface area contributed by atoms with E-state index in [9.17, 15) is 0 Å². The Hall–Kier alpha value is -4.50. The number of hydrogen-bond acceptors (Lipinski definition) is 3. The third kappa shape index (κ3) is 4.34. The van der Waals surface area contributed by atoms with Gasteiger partial charge in [-0.25, -0.2) is 0 Å². The average molecular weight is 509 g/mol. The van der Waals surface area contributed by atoms with Gasteiger partial charge in [0.2, 0.25) is 0 Å². The zero-order valence-electron chi connectivity index (χ0n) is 22.2. The van der Waals surface area contributed by atoms with Gasteiger partial charge in [0.1, 0.15) is 5.75 Å². The van der Waals surface area contributed by atoms with Crippen LogP contribution in [0.3, 0.4) is 0 Å². The lowest BCUT2D eigenvalue weighted by molar-refractivity contribution is 0.409. The maximum absolute atomic E-state index is 5.94. The monoisotopic (exact) mass is 508 g/mol. The smallest absolute Gasteiger partial charge is 0.123 e. The Morgan fingerprint density at radius 2 is 1.13 bits per heavy atom. The van der Waals surface area contributed by atoms with Crippen molar-refractivity contribution in [1.29, 1.82) is 0 Å². The second kappa shape index (κ2) is 9.99. The standard InChI is InChI=1S/C36H32N2O/c1-39-34-16-7-4-12-29(34)35(28-21-22-33-27(23-28)20-18-24-9-2-5-14-31(24)37-33)30-13-8-11-26-19-17-25-10-3-6-15-32(25)38-36(26)30/h2-16,21-23,35,37-38H,17-20H2,1H3. The van der Waals surface area contributed by atoms with Gasteiger partial charge in [0, 0.05) is 34.2 Å². The normalized spacial score (nSPS) is 14.2. The van der Waals surface area contributed by atoms with Gasteiger partial charge in [0.15, 0.2) is 0 Å². The topological polar surface area (TPSA) is 33.3 Å². The summed E-state index contributed by atoms with van der Waals surface area (Å²) in [5.74, 6) is 0.930. The Labute approximate surface area is 230 Å². The molecule has 2 aliphatic rings. The second-order valence-electron chi connectivity index (χ2n) is 10.5. The van der Waals surface area contributed by atoms with Crippen LogP contribution in [-0.2, 0) is 25.7 Å². The highest BCUT2D eigenvalue weighted by molar-refractivity contribution is 5.75. The zero-order valence-corrected chi connectivity index (χ0v) is 22.2. The number of para-hydroxylation sites is 4. The van der Waals surface area contributed by atoms with Crippen molar-refractivity contribution in [3.8, 4) is 5.75 Å². The van der Waals surface area contributed by atoms with Crippen LogP contribution in [0, 0.1) is 0 Å². The van der Waals surface area contributed by atoms with Crippen molar-refractivity contribution >= 4 is 22.7 Å². The third-order valence-electron chi connectivity index (χ3n) is 8.30. The van der Waals surface area contributed by atoms with Gasteiger partial charge in [-0.15, -0.1) is 0 Å². The summed E-state index contributed by atoms with van der Waals surface area (Å²) in [5, 5.41) is 7.56. The summed E-state index contributed by atoms with van der Waals surface area (Å²) >= 11 is 0. The van der Waals surface area contributed by atoms with Crippen LogP contribution < -0.4 is 15.4 Å². The minimum atomic E-state index is 0.0183. The van der Waals surface area contributed by atoms with E-state index < -0.39 is 0 Å². The first-order chi connectivity index (χ1) is 19.3. The molecule has 0 saturated heterocycles. The summed E-state index contributed by atoms with van der Waals surface area (Å²) in [5.41, 5.74) is 14.0. The van der Waals surface area contributed by atoms with Crippen LogP contribution >= 0.6 is 0 Å². The number of nitrogens with one attached hydrogen (secondary N) is 2. The van der Waals surface area contributed by atoms with Crippen LogP contribution in [0.1, 0.15) is 44.9 Å². The van der Waals surface area contributed by atoms with E-state index in [0.717, 1.165) is 31.4 Å². The Morgan fingerprint density at radius 3 is 1.92 bits per heavy atom. The maximum atomic E-state index is 5.94. The Morgan fingerprint density at radius 1 is 0.538 bits per heavy atom. The van der Waals surface area contributed by atoms with Crippen molar-refractivity contribution in [2.24, 2.45) is 0 Å². The predicted octanol–water partition coefficient (Wildman–Crippen LogP) is 8.56. The first-order valence-corrected chi connectivity index (χ1v) is 13.9. The minimum absolute atomic E-state index is 0.0183. The first-order valence-electron chi connectivity index (χ1n) is 13.9. The highest BCUT2D eigenvalue weighted by Gasteiger charge is 2.27. The van der Waals surface area contributed by atoms with Gasteiger partial charge in [-0.1, -0.05) is 84.9 Å². The highest BCUT2D eigenvalue weighted by atomic mass is 16.5. The molecule has 0 saturated carbocycles. The number of aryl methyl sites for hydroxylation is 4. The lowest BCUT2D eigenvalue weighted by atomic mass is 9.81. The quantitative estimate of drug-likeness (QED) is 0.239. The van der Waals surface area contributed by atoms with Crippen LogP contribution in [0.5, 0.6) is 5.75 Å². The van der Waals surface area contributed by atoms with E-state index in [1.807, 2.05) is 0 Å². The fourth-order valence-corrected chi connectivity index (χ4v) is 6.31. The molecule has 0 spiro atoms. The van der Waals surface area contributed by atoms with Gasteiger partial charge in [0.25, 0.3) is 0 Å². The summed E-state index contributed by atoms with van der Waals surface area (Å²) in [6.45, 7) is 0. The molecule has 5 aromatic carbocycles. The number of anilines is 4. The van der Waals surface area contributed by atoms with Crippen molar-refractivity contribution in [3.63, 3.8) is 0 Å². The SMILES string of the molecule is COc1ccccc1C(c1ccc2c(c1)CCc1ccccc1N2)c1cccc2c1Nc1ccccc1CC2.